The van der Waals surface area contributed by atoms with Gasteiger partial charge in [-0.05, 0) is 42.1 Å². The fourth-order valence-corrected chi connectivity index (χ4v) is 4.84. The molecule has 29 heavy (non-hydrogen) atoms. The van der Waals surface area contributed by atoms with Crippen LogP contribution in [0.1, 0.15) is 24.3 Å². The summed E-state index contributed by atoms with van der Waals surface area (Å²) in [6.07, 6.45) is 2.92. The maximum absolute atomic E-state index is 13.4. The molecule has 1 N–H and O–H groups in total. The molecular weight excluding hydrogens is 372 g/mol. The number of hydrogen-bond donors (Lipinski definition) is 1. The van der Waals surface area contributed by atoms with Crippen LogP contribution >= 0.6 is 0 Å². The van der Waals surface area contributed by atoms with Crippen molar-refractivity contribution in [3.63, 3.8) is 0 Å². The van der Waals surface area contributed by atoms with Gasteiger partial charge in [0.1, 0.15) is 5.75 Å². The van der Waals surface area contributed by atoms with Gasteiger partial charge in [0.15, 0.2) is 0 Å². The maximum atomic E-state index is 13.4. The van der Waals surface area contributed by atoms with Crippen molar-refractivity contribution in [2.45, 2.75) is 38.3 Å². The number of methoxy groups -OCH3 is 1. The summed E-state index contributed by atoms with van der Waals surface area (Å²) in [4.78, 5) is 19.7. The second kappa shape index (κ2) is 7.02. The Bertz CT molecular complexity index is 908. The number of carbonyl (C=O) groups is 1. The fraction of sp³-hybridized carbons (Fsp3) is 0.571. The first-order valence-electron chi connectivity index (χ1n) is 10.2. The summed E-state index contributed by atoms with van der Waals surface area (Å²) in [6, 6.07) is 8.15. The van der Waals surface area contributed by atoms with Crippen LogP contribution in [-0.4, -0.2) is 55.0 Å². The highest BCUT2D eigenvalue weighted by Crippen LogP contribution is 2.41. The molecule has 5 rings (SSSR count). The Morgan fingerprint density at radius 2 is 2.28 bits per heavy atom. The Morgan fingerprint density at radius 3 is 3.00 bits per heavy atom. The summed E-state index contributed by atoms with van der Waals surface area (Å²) in [7, 11) is 1.65. The van der Waals surface area contributed by atoms with Crippen LogP contribution in [0.25, 0.3) is 0 Å². The smallest absolute Gasteiger partial charge is 0.266 e. The summed E-state index contributed by atoms with van der Waals surface area (Å²) < 4.78 is 16.1. The molecule has 2 saturated heterocycles. The van der Waals surface area contributed by atoms with E-state index in [1.807, 2.05) is 29.2 Å². The predicted molar refractivity (Wildman–Crippen MR) is 105 cm³/mol. The first kappa shape index (κ1) is 18.4. The van der Waals surface area contributed by atoms with Gasteiger partial charge in [-0.2, -0.15) is 4.98 Å². The number of carbonyl (C=O) groups excluding carboxylic acids is 1. The van der Waals surface area contributed by atoms with Crippen molar-refractivity contribution in [1.82, 2.24) is 15.5 Å². The van der Waals surface area contributed by atoms with Crippen molar-refractivity contribution in [2.24, 2.45) is 11.3 Å². The third-order valence-corrected chi connectivity index (χ3v) is 6.53. The van der Waals surface area contributed by atoms with Crippen molar-refractivity contribution in [2.75, 3.05) is 31.7 Å². The van der Waals surface area contributed by atoms with Gasteiger partial charge in [0.25, 0.3) is 5.95 Å². The molecule has 0 spiro atoms. The van der Waals surface area contributed by atoms with E-state index in [0.29, 0.717) is 43.4 Å². The Balaban J connectivity index is 1.33. The molecule has 154 valence electrons. The third kappa shape index (κ3) is 3.25. The second-order valence-electron chi connectivity index (χ2n) is 8.46. The van der Waals surface area contributed by atoms with Gasteiger partial charge in [0, 0.05) is 38.6 Å². The number of hydrogen-bond acceptors (Lipinski definition) is 7. The van der Waals surface area contributed by atoms with Crippen molar-refractivity contribution in [3.05, 3.63) is 35.7 Å². The number of benzene rings is 1. The molecule has 3 heterocycles. The van der Waals surface area contributed by atoms with E-state index in [0.717, 1.165) is 30.8 Å². The van der Waals surface area contributed by atoms with Gasteiger partial charge in [0.2, 0.25) is 11.8 Å². The summed E-state index contributed by atoms with van der Waals surface area (Å²) in [5.41, 5.74) is 0.560. The van der Waals surface area contributed by atoms with Crippen LogP contribution in [0.5, 0.6) is 5.75 Å². The highest BCUT2D eigenvalue weighted by atomic mass is 16.5. The van der Waals surface area contributed by atoms with Gasteiger partial charge in [0.05, 0.1) is 18.6 Å². The first-order chi connectivity index (χ1) is 14.1. The van der Waals surface area contributed by atoms with E-state index in [4.69, 9.17) is 14.0 Å². The Hall–Kier alpha value is -2.61. The number of anilines is 1. The lowest BCUT2D eigenvalue weighted by atomic mass is 9.71. The van der Waals surface area contributed by atoms with Crippen molar-refractivity contribution in [1.29, 1.82) is 0 Å². The number of amides is 1. The van der Waals surface area contributed by atoms with Crippen molar-refractivity contribution in [3.8, 4) is 5.75 Å². The lowest BCUT2D eigenvalue weighted by Crippen LogP contribution is -2.67. The highest BCUT2D eigenvalue weighted by molar-refractivity contribution is 5.86. The molecule has 1 aromatic carbocycles. The van der Waals surface area contributed by atoms with Gasteiger partial charge < -0.3 is 24.2 Å². The second-order valence-corrected chi connectivity index (χ2v) is 8.46. The highest BCUT2D eigenvalue weighted by Gasteiger charge is 2.53. The summed E-state index contributed by atoms with van der Waals surface area (Å²) in [5.74, 6) is 2.44. The molecule has 1 amide bonds. The molecular formula is C21H26N4O4. The van der Waals surface area contributed by atoms with Crippen LogP contribution < -0.4 is 15.0 Å². The number of nitrogens with one attached hydrogen (secondary N) is 1. The number of aryl methyl sites for hydroxylation is 1. The van der Waals surface area contributed by atoms with E-state index in [9.17, 15) is 4.79 Å². The van der Waals surface area contributed by atoms with E-state index < -0.39 is 5.41 Å². The van der Waals surface area contributed by atoms with E-state index >= 15 is 0 Å². The summed E-state index contributed by atoms with van der Waals surface area (Å²) in [5, 5.41) is 7.32. The quantitative estimate of drug-likeness (QED) is 0.793. The van der Waals surface area contributed by atoms with Crippen LogP contribution in [0.3, 0.4) is 0 Å². The van der Waals surface area contributed by atoms with Crippen molar-refractivity contribution < 1.29 is 18.8 Å². The summed E-state index contributed by atoms with van der Waals surface area (Å²) >= 11 is 0. The summed E-state index contributed by atoms with van der Waals surface area (Å²) in [6.45, 7) is 3.70. The number of ether oxygens (including phenoxy) is 2. The topological polar surface area (TPSA) is 89.7 Å². The number of fused-ring (bicyclic) bond motifs is 1. The molecule has 1 saturated carbocycles. The molecule has 1 aliphatic carbocycles. The van der Waals surface area contributed by atoms with Gasteiger partial charge >= 0.3 is 0 Å². The molecule has 2 aromatic rings. The molecule has 3 atom stereocenters. The van der Waals surface area contributed by atoms with Crippen LogP contribution in [0, 0.1) is 18.3 Å². The standard InChI is InChI=1S/C21H26N4O4/c1-13-22-20(24-29-13)25-11-21(12-25,10-14-4-3-5-15(8-14)27-2)19(26)23-17-9-18-16(17)6-7-28-18/h3-5,8,16-18H,6-7,9-12H2,1-2H3,(H,23,26)/t16-,17+,18+/m0/s1. The normalized spacial score (nSPS) is 27.0. The number of nitrogens with zero attached hydrogens (tertiary/aromatic N) is 3. The Labute approximate surface area is 169 Å². The molecule has 8 heteroatoms. The fourth-order valence-electron chi connectivity index (χ4n) is 4.84. The average molecular weight is 398 g/mol. The van der Waals surface area contributed by atoms with Crippen LogP contribution in [-0.2, 0) is 16.0 Å². The minimum atomic E-state index is -0.522. The minimum absolute atomic E-state index is 0.104. The zero-order chi connectivity index (χ0) is 20.0. The zero-order valence-electron chi connectivity index (χ0n) is 16.8. The molecule has 3 aliphatic rings. The van der Waals surface area contributed by atoms with E-state index in [-0.39, 0.29) is 11.9 Å². The monoisotopic (exact) mass is 398 g/mol. The first-order valence-corrected chi connectivity index (χ1v) is 10.2. The van der Waals surface area contributed by atoms with Crippen LogP contribution in [0.2, 0.25) is 0 Å². The molecule has 1 aromatic heterocycles. The molecule has 3 fully saturated rings. The zero-order valence-corrected chi connectivity index (χ0v) is 16.8. The molecule has 8 nitrogen and oxygen atoms in total. The lowest BCUT2D eigenvalue weighted by Gasteiger charge is -2.50. The molecule has 0 unspecified atom stereocenters. The van der Waals surface area contributed by atoms with Gasteiger partial charge in [-0.15, -0.1) is 0 Å². The molecule has 0 radical (unpaired) electrons. The van der Waals surface area contributed by atoms with Crippen LogP contribution in [0.4, 0.5) is 5.95 Å². The van der Waals surface area contributed by atoms with E-state index in [2.05, 4.69) is 15.5 Å². The maximum Gasteiger partial charge on any atom is 0.266 e. The van der Waals surface area contributed by atoms with Crippen LogP contribution in [0.15, 0.2) is 28.8 Å². The predicted octanol–water partition coefficient (Wildman–Crippen LogP) is 1.73. The molecule has 2 aliphatic heterocycles. The van der Waals surface area contributed by atoms with Gasteiger partial charge in [-0.1, -0.05) is 12.1 Å². The average Bonchev–Trinajstić information content (AvgIpc) is 3.27. The SMILES string of the molecule is COc1cccc(CC2(C(=O)N[C@@H]3C[C@H]4OCC[C@@H]34)CN(c3noc(C)n3)C2)c1. The lowest BCUT2D eigenvalue weighted by molar-refractivity contribution is -0.135. The van der Waals surface area contributed by atoms with Crippen molar-refractivity contribution >= 4 is 11.9 Å². The number of rotatable bonds is 6. The van der Waals surface area contributed by atoms with Gasteiger partial charge in [-0.25, -0.2) is 0 Å². The number of aromatic nitrogens is 2. The molecule has 0 bridgehead atoms. The largest absolute Gasteiger partial charge is 0.497 e. The van der Waals surface area contributed by atoms with Gasteiger partial charge in [-0.3, -0.25) is 4.79 Å². The van der Waals surface area contributed by atoms with E-state index in [1.165, 1.54) is 0 Å². The Kier molecular flexibility index (Phi) is 4.46. The van der Waals surface area contributed by atoms with E-state index in [1.54, 1.807) is 14.0 Å². The Morgan fingerprint density at radius 1 is 1.41 bits per heavy atom. The third-order valence-electron chi connectivity index (χ3n) is 6.53. The minimum Gasteiger partial charge on any atom is -0.497 e.